The van der Waals surface area contributed by atoms with Gasteiger partial charge in [0.15, 0.2) is 0 Å². The van der Waals surface area contributed by atoms with Gasteiger partial charge in [0, 0.05) is 18.7 Å². The molecule has 0 bridgehead atoms. The summed E-state index contributed by atoms with van der Waals surface area (Å²) in [5.74, 6) is -0.0975. The van der Waals surface area contributed by atoms with Crippen LogP contribution in [0.4, 0.5) is 5.69 Å². The maximum Gasteiger partial charge on any atom is 0.243 e. The van der Waals surface area contributed by atoms with E-state index < -0.39 is 10.0 Å². The Morgan fingerprint density at radius 3 is 2.58 bits per heavy atom. The SMILES string of the molecule is CCC(=O)Nc1ccc(S(=O)(=O)N2CCCC2c2cccc(C)c2)cc1. The molecule has 0 spiro atoms. The molecule has 1 aliphatic heterocycles. The topological polar surface area (TPSA) is 66.5 Å². The minimum absolute atomic E-state index is 0.0975. The van der Waals surface area contributed by atoms with Gasteiger partial charge in [-0.2, -0.15) is 4.31 Å². The molecule has 0 aromatic heterocycles. The van der Waals surface area contributed by atoms with Crippen molar-refractivity contribution in [1.29, 1.82) is 0 Å². The van der Waals surface area contributed by atoms with E-state index in [1.165, 1.54) is 0 Å². The van der Waals surface area contributed by atoms with Crippen LogP contribution in [0.3, 0.4) is 0 Å². The molecule has 2 aromatic carbocycles. The lowest BCUT2D eigenvalue weighted by molar-refractivity contribution is -0.115. The lowest BCUT2D eigenvalue weighted by atomic mass is 10.0. The molecule has 2 aromatic rings. The fourth-order valence-electron chi connectivity index (χ4n) is 3.33. The zero-order chi connectivity index (χ0) is 18.7. The molecule has 1 unspecified atom stereocenters. The first-order chi connectivity index (χ1) is 12.4. The van der Waals surface area contributed by atoms with E-state index in [9.17, 15) is 13.2 Å². The number of hydrogen-bond donors (Lipinski definition) is 1. The molecule has 1 fully saturated rings. The number of carbonyl (C=O) groups excluding carboxylic acids is 1. The molecule has 26 heavy (non-hydrogen) atoms. The first kappa shape index (κ1) is 18.6. The van der Waals surface area contributed by atoms with Gasteiger partial charge in [-0.1, -0.05) is 36.8 Å². The van der Waals surface area contributed by atoms with Crippen LogP contribution < -0.4 is 5.32 Å². The van der Waals surface area contributed by atoms with E-state index in [0.717, 1.165) is 24.0 Å². The highest BCUT2D eigenvalue weighted by Crippen LogP contribution is 2.36. The van der Waals surface area contributed by atoms with Gasteiger partial charge in [0.25, 0.3) is 0 Å². The van der Waals surface area contributed by atoms with Crippen LogP contribution in [0.5, 0.6) is 0 Å². The number of hydrogen-bond acceptors (Lipinski definition) is 3. The summed E-state index contributed by atoms with van der Waals surface area (Å²) in [7, 11) is -3.58. The quantitative estimate of drug-likeness (QED) is 0.866. The third kappa shape index (κ3) is 3.81. The minimum atomic E-state index is -3.58. The molecule has 138 valence electrons. The Morgan fingerprint density at radius 1 is 1.19 bits per heavy atom. The van der Waals surface area contributed by atoms with Crippen molar-refractivity contribution in [1.82, 2.24) is 4.31 Å². The Hall–Kier alpha value is -2.18. The number of nitrogens with one attached hydrogen (secondary N) is 1. The molecule has 1 N–H and O–H groups in total. The molecule has 1 aliphatic rings. The summed E-state index contributed by atoms with van der Waals surface area (Å²) in [4.78, 5) is 11.7. The average Bonchev–Trinajstić information content (AvgIpc) is 3.13. The standard InChI is InChI=1S/C20H24N2O3S/c1-3-20(23)21-17-9-11-18(12-10-17)26(24,25)22-13-5-8-19(22)16-7-4-6-15(2)14-16/h4,6-7,9-12,14,19H,3,5,8,13H2,1-2H3,(H,21,23). The fourth-order valence-corrected chi connectivity index (χ4v) is 5.02. The number of rotatable bonds is 5. The Morgan fingerprint density at radius 2 is 1.92 bits per heavy atom. The molecule has 0 aliphatic carbocycles. The summed E-state index contributed by atoms with van der Waals surface area (Å²) in [6.07, 6.45) is 2.06. The molecule has 5 nitrogen and oxygen atoms in total. The van der Waals surface area contributed by atoms with Crippen LogP contribution >= 0.6 is 0 Å². The van der Waals surface area contributed by atoms with Crippen LogP contribution in [-0.2, 0) is 14.8 Å². The van der Waals surface area contributed by atoms with E-state index in [1.807, 2.05) is 25.1 Å². The molecule has 1 amide bonds. The number of sulfonamides is 1. The van der Waals surface area contributed by atoms with Gasteiger partial charge in [-0.05, 0) is 49.6 Å². The van der Waals surface area contributed by atoms with Crippen molar-refractivity contribution in [2.75, 3.05) is 11.9 Å². The van der Waals surface area contributed by atoms with Crippen LogP contribution in [0, 0.1) is 6.92 Å². The lowest BCUT2D eigenvalue weighted by Gasteiger charge is -2.25. The number of benzene rings is 2. The van der Waals surface area contributed by atoms with E-state index >= 15 is 0 Å². The second kappa shape index (κ2) is 7.60. The van der Waals surface area contributed by atoms with E-state index in [2.05, 4.69) is 11.4 Å². The summed E-state index contributed by atoms with van der Waals surface area (Å²) in [6.45, 7) is 4.31. The van der Waals surface area contributed by atoms with Gasteiger partial charge in [-0.3, -0.25) is 4.79 Å². The van der Waals surface area contributed by atoms with E-state index in [0.29, 0.717) is 18.7 Å². The van der Waals surface area contributed by atoms with Gasteiger partial charge in [0.1, 0.15) is 0 Å². The van der Waals surface area contributed by atoms with Gasteiger partial charge < -0.3 is 5.32 Å². The van der Waals surface area contributed by atoms with Crippen molar-refractivity contribution >= 4 is 21.6 Å². The van der Waals surface area contributed by atoms with Crippen LogP contribution in [-0.4, -0.2) is 25.2 Å². The first-order valence-corrected chi connectivity index (χ1v) is 10.3. The van der Waals surface area contributed by atoms with Crippen molar-refractivity contribution in [2.45, 2.75) is 44.0 Å². The zero-order valence-corrected chi connectivity index (χ0v) is 15.9. The summed E-state index contributed by atoms with van der Waals surface area (Å²) in [6, 6.07) is 14.3. The average molecular weight is 372 g/mol. The summed E-state index contributed by atoms with van der Waals surface area (Å²) in [5, 5.41) is 2.73. The number of amides is 1. The van der Waals surface area contributed by atoms with Crippen molar-refractivity contribution in [3.8, 4) is 0 Å². The number of aryl methyl sites for hydroxylation is 1. The van der Waals surface area contributed by atoms with Crippen molar-refractivity contribution in [2.24, 2.45) is 0 Å². The number of carbonyl (C=O) groups is 1. The number of anilines is 1. The predicted molar refractivity (Wildman–Crippen MR) is 102 cm³/mol. The highest BCUT2D eigenvalue weighted by Gasteiger charge is 2.36. The minimum Gasteiger partial charge on any atom is -0.326 e. The third-order valence-electron chi connectivity index (χ3n) is 4.70. The van der Waals surface area contributed by atoms with Crippen LogP contribution in [0.15, 0.2) is 53.4 Å². The molecule has 3 rings (SSSR count). The van der Waals surface area contributed by atoms with Crippen LogP contribution in [0.25, 0.3) is 0 Å². The van der Waals surface area contributed by atoms with Gasteiger partial charge in [-0.25, -0.2) is 8.42 Å². The Labute approximate surface area is 155 Å². The zero-order valence-electron chi connectivity index (χ0n) is 15.1. The summed E-state index contributed by atoms with van der Waals surface area (Å²) in [5.41, 5.74) is 2.77. The van der Waals surface area contributed by atoms with Crippen molar-refractivity contribution in [3.63, 3.8) is 0 Å². The predicted octanol–water partition coefficient (Wildman–Crippen LogP) is 3.87. The number of nitrogens with zero attached hydrogens (tertiary/aromatic N) is 1. The van der Waals surface area contributed by atoms with Crippen molar-refractivity contribution < 1.29 is 13.2 Å². The van der Waals surface area contributed by atoms with Gasteiger partial charge in [0.2, 0.25) is 15.9 Å². The maximum atomic E-state index is 13.1. The molecular weight excluding hydrogens is 348 g/mol. The highest BCUT2D eigenvalue weighted by atomic mass is 32.2. The smallest absolute Gasteiger partial charge is 0.243 e. The van der Waals surface area contributed by atoms with Gasteiger partial charge in [-0.15, -0.1) is 0 Å². The van der Waals surface area contributed by atoms with E-state index in [-0.39, 0.29) is 16.8 Å². The second-order valence-corrected chi connectivity index (χ2v) is 8.50. The van der Waals surface area contributed by atoms with Crippen LogP contribution in [0.2, 0.25) is 0 Å². The summed E-state index contributed by atoms with van der Waals surface area (Å²) >= 11 is 0. The van der Waals surface area contributed by atoms with Crippen LogP contribution in [0.1, 0.15) is 43.4 Å². The molecular formula is C20H24N2O3S. The van der Waals surface area contributed by atoms with E-state index in [4.69, 9.17) is 0 Å². The summed E-state index contributed by atoms with van der Waals surface area (Å²) < 4.78 is 27.9. The fraction of sp³-hybridized carbons (Fsp3) is 0.350. The molecule has 6 heteroatoms. The largest absolute Gasteiger partial charge is 0.326 e. The lowest BCUT2D eigenvalue weighted by Crippen LogP contribution is -2.30. The van der Waals surface area contributed by atoms with Gasteiger partial charge >= 0.3 is 0 Å². The molecule has 1 atom stereocenters. The van der Waals surface area contributed by atoms with E-state index in [1.54, 1.807) is 35.5 Å². The Balaban J connectivity index is 1.86. The molecule has 0 saturated carbocycles. The Bertz CT molecular complexity index is 892. The first-order valence-electron chi connectivity index (χ1n) is 8.90. The van der Waals surface area contributed by atoms with Crippen molar-refractivity contribution in [3.05, 3.63) is 59.7 Å². The highest BCUT2D eigenvalue weighted by molar-refractivity contribution is 7.89. The van der Waals surface area contributed by atoms with Gasteiger partial charge in [0.05, 0.1) is 10.9 Å². The molecule has 0 radical (unpaired) electrons. The normalized spacial score (nSPS) is 18.0. The molecule has 1 heterocycles. The Kier molecular flexibility index (Phi) is 5.44. The second-order valence-electron chi connectivity index (χ2n) is 6.61. The maximum absolute atomic E-state index is 13.1. The molecule has 1 saturated heterocycles. The monoisotopic (exact) mass is 372 g/mol. The third-order valence-corrected chi connectivity index (χ3v) is 6.62.